The van der Waals surface area contributed by atoms with Crippen molar-refractivity contribution in [2.45, 2.75) is 39.2 Å². The third-order valence-corrected chi connectivity index (χ3v) is 2.63. The van der Waals surface area contributed by atoms with Gasteiger partial charge in [0, 0.05) is 25.3 Å². The summed E-state index contributed by atoms with van der Waals surface area (Å²) >= 11 is 0. The summed E-state index contributed by atoms with van der Waals surface area (Å²) in [6, 6.07) is 0.204. The van der Waals surface area contributed by atoms with Crippen molar-refractivity contribution >= 4 is 11.6 Å². The van der Waals surface area contributed by atoms with Gasteiger partial charge in [-0.15, -0.1) is 0 Å². The zero-order valence-electron chi connectivity index (χ0n) is 10.8. The molecule has 0 saturated heterocycles. The van der Waals surface area contributed by atoms with Gasteiger partial charge in [0.2, 0.25) is 0 Å². The average molecular weight is 238 g/mol. The molecule has 1 aromatic rings. The van der Waals surface area contributed by atoms with Gasteiger partial charge in [0.05, 0.1) is 0 Å². The molecule has 1 unspecified atom stereocenters. The fraction of sp³-hybridized carbons (Fsp3) is 0.667. The Bertz CT molecular complexity index is 343. The highest BCUT2D eigenvalue weighted by Gasteiger charge is 2.11. The fourth-order valence-corrected chi connectivity index (χ4v) is 1.74. The second kappa shape index (κ2) is 7.06. The van der Waals surface area contributed by atoms with E-state index in [0.29, 0.717) is 6.42 Å². The molecule has 5 nitrogen and oxygen atoms in total. The first-order valence-electron chi connectivity index (χ1n) is 6.11. The lowest BCUT2D eigenvalue weighted by Crippen LogP contribution is -2.19. The number of nitrogens with zero attached hydrogens (tertiary/aromatic N) is 2. The van der Waals surface area contributed by atoms with Gasteiger partial charge in [0.25, 0.3) is 0 Å². The van der Waals surface area contributed by atoms with Crippen LogP contribution in [-0.4, -0.2) is 34.8 Å². The minimum absolute atomic E-state index is 0.182. The molecule has 0 spiro atoms. The number of anilines is 2. The standard InChI is InChI=1S/C12H22N4O/c1-4-5-10-11(13-3)14-8-15-12(10)16-9(2)6-7-17/h8-9,17H,4-7H2,1-3H3,(H2,13,14,15,16). The topological polar surface area (TPSA) is 70.1 Å². The van der Waals surface area contributed by atoms with Crippen LogP contribution in [0.3, 0.4) is 0 Å². The van der Waals surface area contributed by atoms with Crippen LogP contribution in [0.2, 0.25) is 0 Å². The fourth-order valence-electron chi connectivity index (χ4n) is 1.74. The Balaban J connectivity index is 2.89. The van der Waals surface area contributed by atoms with Gasteiger partial charge in [-0.3, -0.25) is 0 Å². The normalized spacial score (nSPS) is 12.2. The zero-order valence-corrected chi connectivity index (χ0v) is 10.8. The molecule has 0 aliphatic heterocycles. The van der Waals surface area contributed by atoms with E-state index in [1.165, 1.54) is 0 Å². The number of nitrogens with one attached hydrogen (secondary N) is 2. The maximum atomic E-state index is 8.90. The summed E-state index contributed by atoms with van der Waals surface area (Å²) in [6.45, 7) is 4.35. The van der Waals surface area contributed by atoms with Crippen LogP contribution in [0.5, 0.6) is 0 Å². The minimum atomic E-state index is 0.182. The SMILES string of the molecule is CCCc1c(NC)ncnc1NC(C)CCO. The van der Waals surface area contributed by atoms with Gasteiger partial charge in [0.15, 0.2) is 0 Å². The highest BCUT2D eigenvalue weighted by molar-refractivity contribution is 5.57. The van der Waals surface area contributed by atoms with Crippen molar-refractivity contribution in [3.05, 3.63) is 11.9 Å². The summed E-state index contributed by atoms with van der Waals surface area (Å²) in [5.74, 6) is 1.74. The van der Waals surface area contributed by atoms with Gasteiger partial charge in [0.1, 0.15) is 18.0 Å². The maximum absolute atomic E-state index is 8.90. The summed E-state index contributed by atoms with van der Waals surface area (Å²) in [7, 11) is 1.86. The predicted molar refractivity (Wildman–Crippen MR) is 70.4 cm³/mol. The molecule has 1 atom stereocenters. The molecule has 0 fully saturated rings. The van der Waals surface area contributed by atoms with Crippen molar-refractivity contribution in [3.63, 3.8) is 0 Å². The van der Waals surface area contributed by atoms with Gasteiger partial charge in [-0.05, 0) is 19.8 Å². The van der Waals surface area contributed by atoms with Crippen molar-refractivity contribution in [2.24, 2.45) is 0 Å². The summed E-state index contributed by atoms with van der Waals surface area (Å²) in [4.78, 5) is 8.50. The van der Waals surface area contributed by atoms with Crippen LogP contribution in [0.25, 0.3) is 0 Å². The number of aromatic nitrogens is 2. The average Bonchev–Trinajstić information content (AvgIpc) is 2.32. The van der Waals surface area contributed by atoms with E-state index in [0.717, 1.165) is 30.0 Å². The molecule has 17 heavy (non-hydrogen) atoms. The van der Waals surface area contributed by atoms with Crippen LogP contribution >= 0.6 is 0 Å². The van der Waals surface area contributed by atoms with E-state index in [1.54, 1.807) is 6.33 Å². The number of aliphatic hydroxyl groups excluding tert-OH is 1. The maximum Gasteiger partial charge on any atom is 0.134 e. The van der Waals surface area contributed by atoms with Crippen LogP contribution in [0.15, 0.2) is 6.33 Å². The van der Waals surface area contributed by atoms with E-state index in [4.69, 9.17) is 5.11 Å². The van der Waals surface area contributed by atoms with E-state index < -0.39 is 0 Å². The minimum Gasteiger partial charge on any atom is -0.396 e. The molecular weight excluding hydrogens is 216 g/mol. The van der Waals surface area contributed by atoms with Crippen molar-refractivity contribution < 1.29 is 5.11 Å². The first-order valence-corrected chi connectivity index (χ1v) is 6.11. The lowest BCUT2D eigenvalue weighted by atomic mass is 10.1. The van der Waals surface area contributed by atoms with Crippen LogP contribution in [0.4, 0.5) is 11.6 Å². The third kappa shape index (κ3) is 3.85. The van der Waals surface area contributed by atoms with Crippen LogP contribution < -0.4 is 10.6 Å². The molecule has 0 aliphatic rings. The number of aliphatic hydroxyl groups is 1. The highest BCUT2D eigenvalue weighted by atomic mass is 16.3. The van der Waals surface area contributed by atoms with Crippen molar-refractivity contribution in [1.29, 1.82) is 0 Å². The molecule has 3 N–H and O–H groups in total. The Morgan fingerprint density at radius 1 is 1.35 bits per heavy atom. The smallest absolute Gasteiger partial charge is 0.134 e. The number of hydrogen-bond donors (Lipinski definition) is 3. The Morgan fingerprint density at radius 2 is 2.06 bits per heavy atom. The molecule has 0 saturated carbocycles. The monoisotopic (exact) mass is 238 g/mol. The van der Waals surface area contributed by atoms with E-state index in [-0.39, 0.29) is 12.6 Å². The molecule has 0 bridgehead atoms. The van der Waals surface area contributed by atoms with Crippen LogP contribution in [0.1, 0.15) is 32.3 Å². The first kappa shape index (κ1) is 13.7. The lowest BCUT2D eigenvalue weighted by Gasteiger charge is -2.17. The van der Waals surface area contributed by atoms with Gasteiger partial charge in [-0.1, -0.05) is 13.3 Å². The molecule has 0 aliphatic carbocycles. The predicted octanol–water partition coefficient (Wildman–Crippen LogP) is 1.65. The molecule has 96 valence electrons. The van der Waals surface area contributed by atoms with E-state index in [9.17, 15) is 0 Å². The Hall–Kier alpha value is -1.36. The molecule has 1 heterocycles. The largest absolute Gasteiger partial charge is 0.396 e. The van der Waals surface area contributed by atoms with Gasteiger partial charge in [-0.2, -0.15) is 0 Å². The van der Waals surface area contributed by atoms with Crippen LogP contribution in [-0.2, 0) is 6.42 Å². The summed E-state index contributed by atoms with van der Waals surface area (Å²) < 4.78 is 0. The quantitative estimate of drug-likeness (QED) is 0.674. The molecule has 0 amide bonds. The summed E-state index contributed by atoms with van der Waals surface area (Å²) in [6.07, 6.45) is 4.25. The number of rotatable bonds is 7. The van der Waals surface area contributed by atoms with E-state index in [1.807, 2.05) is 14.0 Å². The molecule has 5 heteroatoms. The molecule has 1 aromatic heterocycles. The van der Waals surface area contributed by atoms with Gasteiger partial charge < -0.3 is 15.7 Å². The first-order chi connectivity index (χ1) is 8.22. The lowest BCUT2D eigenvalue weighted by molar-refractivity contribution is 0.282. The van der Waals surface area contributed by atoms with E-state index >= 15 is 0 Å². The van der Waals surface area contributed by atoms with Gasteiger partial charge in [-0.25, -0.2) is 9.97 Å². The Kier molecular flexibility index (Phi) is 5.69. The molecule has 0 aromatic carbocycles. The van der Waals surface area contributed by atoms with Gasteiger partial charge >= 0.3 is 0 Å². The molecule has 0 radical (unpaired) electrons. The second-order valence-corrected chi connectivity index (χ2v) is 4.11. The number of hydrogen-bond acceptors (Lipinski definition) is 5. The second-order valence-electron chi connectivity index (χ2n) is 4.11. The molecule has 1 rings (SSSR count). The summed E-state index contributed by atoms with van der Waals surface area (Å²) in [5.41, 5.74) is 1.11. The van der Waals surface area contributed by atoms with Crippen molar-refractivity contribution in [3.8, 4) is 0 Å². The Labute approximate surface area is 103 Å². The zero-order chi connectivity index (χ0) is 12.7. The third-order valence-electron chi connectivity index (χ3n) is 2.63. The highest BCUT2D eigenvalue weighted by Crippen LogP contribution is 2.22. The van der Waals surface area contributed by atoms with Crippen molar-refractivity contribution in [2.75, 3.05) is 24.3 Å². The Morgan fingerprint density at radius 3 is 2.65 bits per heavy atom. The van der Waals surface area contributed by atoms with E-state index in [2.05, 4.69) is 27.5 Å². The van der Waals surface area contributed by atoms with Crippen molar-refractivity contribution in [1.82, 2.24) is 9.97 Å². The molecular formula is C12H22N4O. The summed E-state index contributed by atoms with van der Waals surface area (Å²) in [5, 5.41) is 15.3. The van der Waals surface area contributed by atoms with Crippen LogP contribution in [0, 0.1) is 0 Å².